The van der Waals surface area contributed by atoms with Crippen LogP contribution >= 0.6 is 12.1 Å². The first-order valence-corrected chi connectivity index (χ1v) is 4.28. The third-order valence-corrected chi connectivity index (χ3v) is 1.76. The molecule has 0 unspecified atom stereocenters. The van der Waals surface area contributed by atoms with Crippen LogP contribution in [-0.2, 0) is 0 Å². The number of hydrogen-bond acceptors (Lipinski definition) is 1. The van der Waals surface area contributed by atoms with Gasteiger partial charge in [0.25, 0.3) is 0 Å². The van der Waals surface area contributed by atoms with Crippen LogP contribution in [-0.4, -0.2) is 8.67 Å². The summed E-state index contributed by atoms with van der Waals surface area (Å²) in [6, 6.07) is 1.28. The van der Waals surface area contributed by atoms with E-state index in [0.29, 0.717) is 0 Å². The lowest BCUT2D eigenvalue weighted by Gasteiger charge is -1.76. The van der Waals surface area contributed by atoms with Crippen molar-refractivity contribution in [2.24, 2.45) is 0 Å². The highest BCUT2D eigenvalue weighted by Crippen LogP contribution is 1.84. The van der Waals surface area contributed by atoms with Crippen LogP contribution < -0.4 is 0 Å². The molecule has 0 saturated carbocycles. The van der Waals surface area contributed by atoms with Gasteiger partial charge in [0.05, 0.1) is 0 Å². The van der Waals surface area contributed by atoms with Gasteiger partial charge in [-0.15, -0.1) is 0 Å². The molecule has 0 aromatic heterocycles. The Labute approximate surface area is 40.8 Å². The third-order valence-electron chi connectivity index (χ3n) is 0.362. The highest BCUT2D eigenvalue weighted by Gasteiger charge is 1.71. The Hall–Kier alpha value is 0.567. The lowest BCUT2D eigenvalue weighted by Crippen LogP contribution is -1.69. The van der Waals surface area contributed by atoms with Gasteiger partial charge in [0.15, 0.2) is 0 Å². The summed E-state index contributed by atoms with van der Waals surface area (Å²) in [7, 11) is 0.852. The average Bonchev–Trinajstić information content (AvgIpc) is 1.41. The molecule has 0 aliphatic rings. The first kappa shape index (κ1) is 5.57. The Kier molecular flexibility index (Phi) is 5.08. The first-order chi connectivity index (χ1) is 2.41. The maximum absolute atomic E-state index is 4.03. The average molecular weight is 104 g/mol. The molecule has 0 N–H and O–H groups in total. The van der Waals surface area contributed by atoms with Gasteiger partial charge in [-0.3, -0.25) is 0 Å². The fourth-order valence-corrected chi connectivity index (χ4v) is 1.01. The Balaban J connectivity index is 2.19. The summed E-state index contributed by atoms with van der Waals surface area (Å²) in [5.41, 5.74) is 0. The summed E-state index contributed by atoms with van der Waals surface area (Å²) in [5, 5.41) is 0. The van der Waals surface area contributed by atoms with Gasteiger partial charge in [-0.05, 0) is 0 Å². The Bertz CT molecular complexity index is 14.4. The van der Waals surface area contributed by atoms with Gasteiger partial charge in [-0.2, -0.15) is 0 Å². The topological polar surface area (TPSA) is 0 Å². The largest absolute Gasteiger partial charge is 0.206 e. The quantitative estimate of drug-likeness (QED) is 0.397. The van der Waals surface area contributed by atoms with Gasteiger partial charge in [-0.1, -0.05) is 19.4 Å². The molecule has 0 atom stereocenters. The summed E-state index contributed by atoms with van der Waals surface area (Å²) in [6.45, 7) is 2.17. The van der Waals surface area contributed by atoms with Crippen LogP contribution in [0.3, 0.4) is 0 Å². The van der Waals surface area contributed by atoms with Crippen molar-refractivity contribution in [1.82, 2.24) is 0 Å². The van der Waals surface area contributed by atoms with E-state index in [2.05, 4.69) is 19.0 Å². The minimum Gasteiger partial charge on any atom is -0.206 e. The van der Waals surface area contributed by atoms with Crippen LogP contribution in [0.2, 0.25) is 6.04 Å². The Morgan fingerprint density at radius 1 is 1.80 bits per heavy atom. The van der Waals surface area contributed by atoms with Crippen molar-refractivity contribution >= 4 is 20.7 Å². The molecular weight excluding hydrogens is 96.2 g/mol. The molecule has 0 aliphatic heterocycles. The van der Waals surface area contributed by atoms with E-state index in [9.17, 15) is 0 Å². The standard InChI is InChI=1S/C3H8SSi/c1-2-3-5-4/h4H,2-3H2,1H3. The third kappa shape index (κ3) is 4.57. The summed E-state index contributed by atoms with van der Waals surface area (Å²) in [4.78, 5) is 0. The summed E-state index contributed by atoms with van der Waals surface area (Å²) < 4.78 is 0. The Morgan fingerprint density at radius 2 is 2.40 bits per heavy atom. The van der Waals surface area contributed by atoms with Crippen LogP contribution in [0.25, 0.3) is 0 Å². The lowest BCUT2D eigenvalue weighted by molar-refractivity contribution is 1.08. The van der Waals surface area contributed by atoms with Crippen molar-refractivity contribution in [3.63, 3.8) is 0 Å². The molecule has 0 bridgehead atoms. The van der Waals surface area contributed by atoms with Gasteiger partial charge >= 0.3 is 0 Å². The predicted molar refractivity (Wildman–Crippen MR) is 29.8 cm³/mol. The van der Waals surface area contributed by atoms with Crippen molar-refractivity contribution in [3.8, 4) is 0 Å². The fraction of sp³-hybridized carbons (Fsp3) is 1.00. The summed E-state index contributed by atoms with van der Waals surface area (Å²) in [6.07, 6.45) is 1.28. The van der Waals surface area contributed by atoms with Crippen LogP contribution in [0.1, 0.15) is 13.3 Å². The zero-order chi connectivity index (χ0) is 4.12. The molecule has 2 radical (unpaired) electrons. The zero-order valence-corrected chi connectivity index (χ0v) is 5.26. The van der Waals surface area contributed by atoms with E-state index >= 15 is 0 Å². The Morgan fingerprint density at radius 3 is 2.40 bits per heavy atom. The monoisotopic (exact) mass is 104 g/mol. The van der Waals surface area contributed by atoms with Crippen molar-refractivity contribution in [1.29, 1.82) is 0 Å². The molecular formula is C3H8SSi. The molecule has 0 nitrogen and oxygen atoms in total. The van der Waals surface area contributed by atoms with Crippen molar-refractivity contribution in [3.05, 3.63) is 0 Å². The zero-order valence-electron chi connectivity index (χ0n) is 3.36. The predicted octanol–water partition coefficient (Wildman–Crippen LogP) is 1.36. The fourth-order valence-electron chi connectivity index (χ4n) is 0.112. The molecule has 0 aromatic rings. The van der Waals surface area contributed by atoms with Crippen LogP contribution in [0.4, 0.5) is 0 Å². The van der Waals surface area contributed by atoms with Gasteiger partial charge in [-0.25, -0.2) is 12.1 Å². The highest BCUT2D eigenvalue weighted by atomic mass is 32.3. The summed E-state index contributed by atoms with van der Waals surface area (Å²) in [5.74, 6) is 0. The van der Waals surface area contributed by atoms with E-state index < -0.39 is 0 Å². The SMILES string of the molecule is CCC[Si]S. The minimum absolute atomic E-state index is 0.852. The highest BCUT2D eigenvalue weighted by molar-refractivity contribution is 8.06. The molecule has 2 heteroatoms. The molecule has 0 spiro atoms. The van der Waals surface area contributed by atoms with Crippen LogP contribution in [0.5, 0.6) is 0 Å². The van der Waals surface area contributed by atoms with Crippen LogP contribution in [0, 0.1) is 0 Å². The molecule has 0 amide bonds. The second-order valence-electron chi connectivity index (χ2n) is 0.908. The van der Waals surface area contributed by atoms with E-state index in [0.717, 1.165) is 8.67 Å². The second kappa shape index (κ2) is 4.57. The molecule has 5 heavy (non-hydrogen) atoms. The van der Waals surface area contributed by atoms with Crippen molar-refractivity contribution < 1.29 is 0 Å². The lowest BCUT2D eigenvalue weighted by atomic mass is 10.6. The van der Waals surface area contributed by atoms with Crippen LogP contribution in [0.15, 0.2) is 0 Å². The molecule has 0 fully saturated rings. The number of hydrogen-bond donors (Lipinski definition) is 1. The summed E-state index contributed by atoms with van der Waals surface area (Å²) >= 11 is 4.03. The molecule has 0 rings (SSSR count). The van der Waals surface area contributed by atoms with E-state index in [1.165, 1.54) is 12.5 Å². The van der Waals surface area contributed by atoms with Crippen molar-refractivity contribution in [2.75, 3.05) is 0 Å². The molecule has 0 heterocycles. The van der Waals surface area contributed by atoms with Gasteiger partial charge in [0.2, 0.25) is 0 Å². The van der Waals surface area contributed by atoms with Gasteiger partial charge in [0, 0.05) is 0 Å². The number of rotatable bonds is 2. The van der Waals surface area contributed by atoms with E-state index in [4.69, 9.17) is 0 Å². The van der Waals surface area contributed by atoms with Gasteiger partial charge < -0.3 is 0 Å². The maximum Gasteiger partial charge on any atom is 0.118 e. The minimum atomic E-state index is 0.852. The normalized spacial score (nSPS) is 8.40. The van der Waals surface area contributed by atoms with E-state index in [1.54, 1.807) is 0 Å². The van der Waals surface area contributed by atoms with E-state index in [-0.39, 0.29) is 0 Å². The van der Waals surface area contributed by atoms with E-state index in [1.807, 2.05) is 0 Å². The molecule has 0 aliphatic carbocycles. The molecule has 30 valence electrons. The smallest absolute Gasteiger partial charge is 0.118 e. The maximum atomic E-state index is 4.03. The van der Waals surface area contributed by atoms with Crippen molar-refractivity contribution in [2.45, 2.75) is 19.4 Å². The second-order valence-corrected chi connectivity index (χ2v) is 2.67. The first-order valence-electron chi connectivity index (χ1n) is 1.78. The molecule has 0 aromatic carbocycles. The number of thiol groups is 1. The molecule has 0 saturated heterocycles. The van der Waals surface area contributed by atoms with Gasteiger partial charge in [0.1, 0.15) is 8.67 Å².